The average Bonchev–Trinajstić information content (AvgIpc) is 2.65. The maximum Gasteiger partial charge on any atom is 0.164 e. The molecule has 0 bridgehead atoms. The third kappa shape index (κ3) is 3.63. The summed E-state index contributed by atoms with van der Waals surface area (Å²) in [6.45, 7) is 1.01. The van der Waals surface area contributed by atoms with Crippen molar-refractivity contribution >= 4 is 0 Å². The van der Waals surface area contributed by atoms with Gasteiger partial charge < -0.3 is 24.6 Å². The molecule has 24 heavy (non-hydrogen) atoms. The number of fused-ring (bicyclic) bond motifs is 1. The topological polar surface area (TPSA) is 60.0 Å². The van der Waals surface area contributed by atoms with Crippen LogP contribution < -0.4 is 19.5 Å². The number of aliphatic hydroxyl groups is 1. The second kappa shape index (κ2) is 7.55. The summed E-state index contributed by atoms with van der Waals surface area (Å²) in [5, 5.41) is 13.7. The molecular formula is C19H23NO4. The number of methoxy groups -OCH3 is 2. The second-order valence-electron chi connectivity index (χ2n) is 5.86. The van der Waals surface area contributed by atoms with Gasteiger partial charge in [-0.25, -0.2) is 0 Å². The van der Waals surface area contributed by atoms with Crippen molar-refractivity contribution in [3.8, 4) is 17.2 Å². The minimum atomic E-state index is -0.591. The van der Waals surface area contributed by atoms with E-state index in [4.69, 9.17) is 14.2 Å². The standard InChI is InChI=1S/C19H23NO4/c1-22-16-7-3-5-13(10-16)17(21)11-20-15-9-14-6-4-8-18(23-2)19(14)24-12-15/h3-8,10,15,17,20-21H,9,11-12H2,1-2H3. The van der Waals surface area contributed by atoms with Gasteiger partial charge in [0.15, 0.2) is 11.5 Å². The summed E-state index contributed by atoms with van der Waals surface area (Å²) in [6, 6.07) is 13.6. The van der Waals surface area contributed by atoms with E-state index in [1.807, 2.05) is 42.5 Å². The molecule has 0 saturated heterocycles. The molecule has 0 aromatic heterocycles. The summed E-state index contributed by atoms with van der Waals surface area (Å²) in [7, 11) is 3.27. The fraction of sp³-hybridized carbons (Fsp3) is 0.368. The number of hydrogen-bond acceptors (Lipinski definition) is 5. The van der Waals surface area contributed by atoms with Crippen LogP contribution in [-0.2, 0) is 6.42 Å². The van der Waals surface area contributed by atoms with Crippen molar-refractivity contribution in [3.05, 3.63) is 53.6 Å². The van der Waals surface area contributed by atoms with E-state index in [1.54, 1.807) is 14.2 Å². The van der Waals surface area contributed by atoms with E-state index in [0.29, 0.717) is 13.2 Å². The Balaban J connectivity index is 1.59. The maximum atomic E-state index is 10.4. The number of rotatable bonds is 6. The summed E-state index contributed by atoms with van der Waals surface area (Å²) in [5.41, 5.74) is 1.95. The molecule has 0 spiro atoms. The molecular weight excluding hydrogens is 306 g/mol. The normalized spacial score (nSPS) is 17.5. The molecule has 2 N–H and O–H groups in total. The SMILES string of the molecule is COc1cccc(C(O)CNC2COc3c(cccc3OC)C2)c1. The van der Waals surface area contributed by atoms with Crippen LogP contribution in [-0.4, -0.2) is 38.5 Å². The van der Waals surface area contributed by atoms with Gasteiger partial charge in [0.05, 0.1) is 20.3 Å². The first-order chi connectivity index (χ1) is 11.7. The highest BCUT2D eigenvalue weighted by atomic mass is 16.5. The van der Waals surface area contributed by atoms with Gasteiger partial charge in [-0.1, -0.05) is 24.3 Å². The predicted molar refractivity (Wildman–Crippen MR) is 91.9 cm³/mol. The minimum Gasteiger partial charge on any atom is -0.497 e. The number of hydrogen-bond donors (Lipinski definition) is 2. The van der Waals surface area contributed by atoms with Crippen LogP contribution in [0.5, 0.6) is 17.2 Å². The molecule has 1 aliphatic heterocycles. The lowest BCUT2D eigenvalue weighted by molar-refractivity contribution is 0.156. The van der Waals surface area contributed by atoms with E-state index in [-0.39, 0.29) is 6.04 Å². The van der Waals surface area contributed by atoms with Crippen LogP contribution in [0.25, 0.3) is 0 Å². The Morgan fingerprint density at radius 2 is 2.04 bits per heavy atom. The summed E-state index contributed by atoms with van der Waals surface area (Å²) in [6.07, 6.45) is 0.254. The van der Waals surface area contributed by atoms with Gasteiger partial charge in [0.1, 0.15) is 12.4 Å². The molecule has 0 amide bonds. The Morgan fingerprint density at radius 3 is 2.83 bits per heavy atom. The Kier molecular flexibility index (Phi) is 5.23. The van der Waals surface area contributed by atoms with Crippen molar-refractivity contribution in [2.24, 2.45) is 0 Å². The van der Waals surface area contributed by atoms with Crippen molar-refractivity contribution in [1.29, 1.82) is 0 Å². The van der Waals surface area contributed by atoms with Crippen molar-refractivity contribution in [2.75, 3.05) is 27.4 Å². The highest BCUT2D eigenvalue weighted by Gasteiger charge is 2.23. The zero-order chi connectivity index (χ0) is 16.9. The number of para-hydroxylation sites is 1. The van der Waals surface area contributed by atoms with Gasteiger partial charge in [-0.05, 0) is 35.7 Å². The lowest BCUT2D eigenvalue weighted by atomic mass is 10.0. The highest BCUT2D eigenvalue weighted by Crippen LogP contribution is 2.34. The third-order valence-corrected chi connectivity index (χ3v) is 4.25. The number of nitrogens with one attached hydrogen (secondary N) is 1. The van der Waals surface area contributed by atoms with Gasteiger partial charge >= 0.3 is 0 Å². The first-order valence-electron chi connectivity index (χ1n) is 8.05. The summed E-state index contributed by atoms with van der Waals surface area (Å²) in [4.78, 5) is 0. The van der Waals surface area contributed by atoms with E-state index in [9.17, 15) is 5.11 Å². The monoisotopic (exact) mass is 329 g/mol. The van der Waals surface area contributed by atoms with Gasteiger partial charge in [-0.15, -0.1) is 0 Å². The van der Waals surface area contributed by atoms with Crippen LogP contribution in [0.2, 0.25) is 0 Å². The van der Waals surface area contributed by atoms with Gasteiger partial charge in [0.2, 0.25) is 0 Å². The van der Waals surface area contributed by atoms with Crippen molar-refractivity contribution < 1.29 is 19.3 Å². The molecule has 2 aromatic rings. The largest absolute Gasteiger partial charge is 0.497 e. The van der Waals surface area contributed by atoms with E-state index in [2.05, 4.69) is 5.32 Å². The first kappa shape index (κ1) is 16.6. The Bertz CT molecular complexity index is 689. The molecule has 0 radical (unpaired) electrons. The summed E-state index contributed by atoms with van der Waals surface area (Å²) < 4.78 is 16.4. The maximum absolute atomic E-state index is 10.4. The van der Waals surface area contributed by atoms with E-state index in [1.165, 1.54) is 0 Å². The van der Waals surface area contributed by atoms with Gasteiger partial charge in [0.25, 0.3) is 0 Å². The zero-order valence-electron chi connectivity index (χ0n) is 14.0. The molecule has 0 fully saturated rings. The molecule has 2 atom stereocenters. The molecule has 0 saturated carbocycles. The fourth-order valence-electron chi connectivity index (χ4n) is 2.93. The summed E-state index contributed by atoms with van der Waals surface area (Å²) in [5.74, 6) is 2.34. The van der Waals surface area contributed by atoms with Gasteiger partial charge in [0, 0.05) is 12.6 Å². The molecule has 1 aliphatic rings. The van der Waals surface area contributed by atoms with Gasteiger partial charge in [-0.2, -0.15) is 0 Å². The smallest absolute Gasteiger partial charge is 0.164 e. The van der Waals surface area contributed by atoms with E-state index in [0.717, 1.165) is 34.8 Å². The predicted octanol–water partition coefficient (Wildman–Crippen LogP) is 2.33. The van der Waals surface area contributed by atoms with Crippen molar-refractivity contribution in [2.45, 2.75) is 18.6 Å². The fourth-order valence-corrected chi connectivity index (χ4v) is 2.93. The van der Waals surface area contributed by atoms with Crippen LogP contribution in [0.3, 0.4) is 0 Å². The summed E-state index contributed by atoms with van der Waals surface area (Å²) >= 11 is 0. The average molecular weight is 329 g/mol. The molecule has 5 nitrogen and oxygen atoms in total. The Morgan fingerprint density at radius 1 is 1.21 bits per heavy atom. The van der Waals surface area contributed by atoms with E-state index < -0.39 is 6.10 Å². The van der Waals surface area contributed by atoms with E-state index >= 15 is 0 Å². The van der Waals surface area contributed by atoms with Crippen LogP contribution >= 0.6 is 0 Å². The Labute approximate surface area is 142 Å². The lowest BCUT2D eigenvalue weighted by Gasteiger charge is -2.28. The van der Waals surface area contributed by atoms with Crippen LogP contribution in [0.4, 0.5) is 0 Å². The first-order valence-corrected chi connectivity index (χ1v) is 8.05. The molecule has 128 valence electrons. The number of aliphatic hydroxyl groups excluding tert-OH is 1. The quantitative estimate of drug-likeness (QED) is 0.852. The zero-order valence-corrected chi connectivity index (χ0v) is 14.0. The lowest BCUT2D eigenvalue weighted by Crippen LogP contribution is -2.41. The highest BCUT2D eigenvalue weighted by molar-refractivity contribution is 5.48. The third-order valence-electron chi connectivity index (χ3n) is 4.25. The second-order valence-corrected chi connectivity index (χ2v) is 5.86. The van der Waals surface area contributed by atoms with Crippen LogP contribution in [0, 0.1) is 0 Å². The molecule has 1 heterocycles. The minimum absolute atomic E-state index is 0.157. The Hall–Kier alpha value is -2.24. The molecule has 5 heteroatoms. The number of benzene rings is 2. The molecule has 0 aliphatic carbocycles. The van der Waals surface area contributed by atoms with Crippen molar-refractivity contribution in [3.63, 3.8) is 0 Å². The van der Waals surface area contributed by atoms with Crippen LogP contribution in [0.1, 0.15) is 17.2 Å². The molecule has 2 aromatic carbocycles. The number of ether oxygens (including phenoxy) is 3. The van der Waals surface area contributed by atoms with Crippen molar-refractivity contribution in [1.82, 2.24) is 5.32 Å². The van der Waals surface area contributed by atoms with Gasteiger partial charge in [-0.3, -0.25) is 0 Å². The molecule has 2 unspecified atom stereocenters. The van der Waals surface area contributed by atoms with Crippen LogP contribution in [0.15, 0.2) is 42.5 Å². The molecule has 3 rings (SSSR count).